The van der Waals surface area contributed by atoms with Crippen molar-refractivity contribution in [2.45, 2.75) is 70.9 Å². The first-order chi connectivity index (χ1) is 16.2. The molecular weight excluding hydrogens is 432 g/mol. The van der Waals surface area contributed by atoms with Crippen LogP contribution in [-0.4, -0.2) is 44.0 Å². The Balaban J connectivity index is 1.23. The maximum atomic E-state index is 6.07. The molecule has 2 aliphatic rings. The molecule has 0 bridgehead atoms. The Bertz CT molecular complexity index is 1040. The van der Waals surface area contributed by atoms with E-state index in [0.29, 0.717) is 6.01 Å². The number of likely N-dealkylation sites (tertiary alicyclic amines) is 1. The summed E-state index contributed by atoms with van der Waals surface area (Å²) in [6.07, 6.45) is 15.8. The van der Waals surface area contributed by atoms with E-state index in [2.05, 4.69) is 31.2 Å². The monoisotopic (exact) mass is 464 g/mol. The molecule has 0 aromatic carbocycles. The molecule has 5 rings (SSSR count). The number of rotatable bonds is 7. The molecule has 3 aromatic rings. The zero-order valence-electron chi connectivity index (χ0n) is 19.3. The number of nitrogens with zero attached hydrogens (tertiary/aromatic N) is 5. The van der Waals surface area contributed by atoms with E-state index in [4.69, 9.17) is 9.72 Å². The van der Waals surface area contributed by atoms with E-state index in [1.165, 1.54) is 57.2 Å². The molecule has 0 unspecified atom stereocenters. The van der Waals surface area contributed by atoms with Crippen molar-refractivity contribution in [3.8, 4) is 16.6 Å². The van der Waals surface area contributed by atoms with Gasteiger partial charge < -0.3 is 10.1 Å². The second kappa shape index (κ2) is 10.6. The van der Waals surface area contributed by atoms with Gasteiger partial charge in [0.15, 0.2) is 5.13 Å². The molecule has 1 saturated heterocycles. The molecule has 0 spiro atoms. The van der Waals surface area contributed by atoms with Gasteiger partial charge in [-0.05, 0) is 75.7 Å². The number of hydrogen-bond donors (Lipinski definition) is 1. The Morgan fingerprint density at radius 2 is 1.79 bits per heavy atom. The second-order valence-corrected chi connectivity index (χ2v) is 10.1. The van der Waals surface area contributed by atoms with Gasteiger partial charge in [0.1, 0.15) is 11.9 Å². The highest BCUT2D eigenvalue weighted by Crippen LogP contribution is 2.32. The molecule has 3 aromatic heterocycles. The third-order valence-corrected chi connectivity index (χ3v) is 7.35. The van der Waals surface area contributed by atoms with Gasteiger partial charge in [0.25, 0.3) is 0 Å². The van der Waals surface area contributed by atoms with Gasteiger partial charge in [-0.15, -0.1) is 0 Å². The van der Waals surface area contributed by atoms with Crippen molar-refractivity contribution in [2.24, 2.45) is 0 Å². The number of aryl methyl sites for hydroxylation is 1. The maximum Gasteiger partial charge on any atom is 0.317 e. The molecule has 1 aliphatic carbocycles. The Morgan fingerprint density at radius 3 is 2.58 bits per heavy atom. The fraction of sp³-hybridized carbons (Fsp3) is 0.520. The number of nitrogens with one attached hydrogen (secondary N) is 1. The van der Waals surface area contributed by atoms with Crippen molar-refractivity contribution in [3.05, 3.63) is 41.9 Å². The number of ether oxygens (including phenoxy) is 1. The average molecular weight is 465 g/mol. The lowest BCUT2D eigenvalue weighted by molar-refractivity contribution is 0.142. The van der Waals surface area contributed by atoms with Gasteiger partial charge in [-0.3, -0.25) is 4.90 Å². The minimum atomic E-state index is 0.233. The van der Waals surface area contributed by atoms with Crippen LogP contribution in [0.3, 0.4) is 0 Å². The summed E-state index contributed by atoms with van der Waals surface area (Å²) in [5.41, 5.74) is 3.15. The zero-order valence-corrected chi connectivity index (χ0v) is 20.1. The summed E-state index contributed by atoms with van der Waals surface area (Å²) >= 11 is 1.57. The van der Waals surface area contributed by atoms with Crippen LogP contribution in [0.5, 0.6) is 6.01 Å². The smallest absolute Gasteiger partial charge is 0.317 e. The predicted octanol–water partition coefficient (Wildman–Crippen LogP) is 5.74. The lowest BCUT2D eigenvalue weighted by Gasteiger charge is -2.26. The molecule has 1 saturated carbocycles. The van der Waals surface area contributed by atoms with Gasteiger partial charge in [-0.25, -0.2) is 15.0 Å². The van der Waals surface area contributed by atoms with Gasteiger partial charge in [-0.2, -0.15) is 4.98 Å². The van der Waals surface area contributed by atoms with Crippen molar-refractivity contribution in [3.63, 3.8) is 0 Å². The highest BCUT2D eigenvalue weighted by atomic mass is 32.1. The second-order valence-electron chi connectivity index (χ2n) is 9.11. The van der Waals surface area contributed by atoms with Crippen molar-refractivity contribution >= 4 is 22.3 Å². The largest absolute Gasteiger partial charge is 0.460 e. The van der Waals surface area contributed by atoms with Crippen LogP contribution < -0.4 is 10.1 Å². The van der Waals surface area contributed by atoms with Gasteiger partial charge in [0.2, 0.25) is 0 Å². The zero-order chi connectivity index (χ0) is 22.5. The van der Waals surface area contributed by atoms with Crippen LogP contribution in [0.15, 0.2) is 30.7 Å². The van der Waals surface area contributed by atoms with E-state index in [1.54, 1.807) is 11.3 Å². The number of thiazole rings is 1. The van der Waals surface area contributed by atoms with Gasteiger partial charge in [-0.1, -0.05) is 30.2 Å². The average Bonchev–Trinajstić information content (AvgIpc) is 3.31. The van der Waals surface area contributed by atoms with E-state index < -0.39 is 0 Å². The number of pyridine rings is 1. The van der Waals surface area contributed by atoms with Crippen molar-refractivity contribution in [1.29, 1.82) is 0 Å². The van der Waals surface area contributed by atoms with E-state index in [9.17, 15) is 0 Å². The summed E-state index contributed by atoms with van der Waals surface area (Å²) in [5.74, 6) is 0.805. The van der Waals surface area contributed by atoms with Gasteiger partial charge in [0, 0.05) is 25.1 Å². The minimum absolute atomic E-state index is 0.233. The number of hydrogen-bond acceptors (Lipinski definition) is 8. The molecular formula is C25H32N6OS. The predicted molar refractivity (Wildman–Crippen MR) is 132 cm³/mol. The molecule has 174 valence electrons. The summed E-state index contributed by atoms with van der Waals surface area (Å²) in [7, 11) is 0. The van der Waals surface area contributed by atoms with Crippen molar-refractivity contribution < 1.29 is 4.74 Å². The van der Waals surface area contributed by atoms with Crippen LogP contribution in [0.2, 0.25) is 0 Å². The number of anilines is 2. The Morgan fingerprint density at radius 1 is 0.970 bits per heavy atom. The molecule has 4 heterocycles. The van der Waals surface area contributed by atoms with E-state index in [-0.39, 0.29) is 6.10 Å². The normalized spacial score (nSPS) is 17.7. The molecule has 0 radical (unpaired) electrons. The maximum absolute atomic E-state index is 6.07. The molecule has 0 amide bonds. The molecule has 7 nitrogen and oxygen atoms in total. The third kappa shape index (κ3) is 5.86. The van der Waals surface area contributed by atoms with Crippen LogP contribution >= 0.6 is 11.3 Å². The quantitative estimate of drug-likeness (QED) is 0.477. The standard InChI is InChI=1S/C25H32N6OS/c1-18-14-27-24(32-20-8-4-2-5-9-20)30-23(18)21-16-28-25(33-21)29-22-11-10-19(15-26-22)17-31-12-6-3-7-13-31/h10-11,14-16,20H,2-9,12-13,17H2,1H3,(H,26,28,29). The van der Waals surface area contributed by atoms with Crippen LogP contribution in [0.4, 0.5) is 10.9 Å². The van der Waals surface area contributed by atoms with Crippen molar-refractivity contribution in [2.75, 3.05) is 18.4 Å². The highest BCUT2D eigenvalue weighted by molar-refractivity contribution is 7.18. The van der Waals surface area contributed by atoms with Crippen LogP contribution in [-0.2, 0) is 6.54 Å². The highest BCUT2D eigenvalue weighted by Gasteiger charge is 2.18. The summed E-state index contributed by atoms with van der Waals surface area (Å²) in [6, 6.07) is 4.66. The summed E-state index contributed by atoms with van der Waals surface area (Å²) in [4.78, 5) is 21.8. The molecule has 0 atom stereocenters. The van der Waals surface area contributed by atoms with Gasteiger partial charge in [0.05, 0.1) is 10.6 Å². The molecule has 2 fully saturated rings. The topological polar surface area (TPSA) is 76.1 Å². The summed E-state index contributed by atoms with van der Waals surface area (Å²) < 4.78 is 6.07. The number of piperidine rings is 1. The van der Waals surface area contributed by atoms with E-state index >= 15 is 0 Å². The Labute approximate surface area is 199 Å². The van der Waals surface area contributed by atoms with Crippen molar-refractivity contribution in [1.82, 2.24) is 24.8 Å². The lowest BCUT2D eigenvalue weighted by atomic mass is 9.98. The minimum Gasteiger partial charge on any atom is -0.460 e. The molecule has 33 heavy (non-hydrogen) atoms. The number of aromatic nitrogens is 4. The summed E-state index contributed by atoms with van der Waals surface area (Å²) in [5, 5.41) is 4.13. The van der Waals surface area contributed by atoms with E-state index in [0.717, 1.165) is 46.5 Å². The molecule has 1 N–H and O–H groups in total. The van der Waals surface area contributed by atoms with Crippen LogP contribution in [0, 0.1) is 6.92 Å². The fourth-order valence-corrected chi connectivity index (χ4v) is 5.46. The third-order valence-electron chi connectivity index (χ3n) is 6.43. The Hall–Kier alpha value is -2.58. The van der Waals surface area contributed by atoms with Crippen LogP contribution in [0.25, 0.3) is 10.6 Å². The SMILES string of the molecule is Cc1cnc(OC2CCCCC2)nc1-c1cnc(Nc2ccc(CN3CCCCC3)cn2)s1. The Kier molecular flexibility index (Phi) is 7.12. The lowest BCUT2D eigenvalue weighted by Crippen LogP contribution is -2.29. The fourth-order valence-electron chi connectivity index (χ4n) is 4.58. The first kappa shape index (κ1) is 22.2. The van der Waals surface area contributed by atoms with Crippen LogP contribution in [0.1, 0.15) is 62.5 Å². The first-order valence-corrected chi connectivity index (χ1v) is 13.0. The molecule has 8 heteroatoms. The molecule has 1 aliphatic heterocycles. The summed E-state index contributed by atoms with van der Waals surface area (Å²) in [6.45, 7) is 5.39. The van der Waals surface area contributed by atoms with Gasteiger partial charge >= 0.3 is 6.01 Å². The van der Waals surface area contributed by atoms with E-state index in [1.807, 2.05) is 31.6 Å². The first-order valence-electron chi connectivity index (χ1n) is 12.1.